The van der Waals surface area contributed by atoms with E-state index in [0.29, 0.717) is 36.8 Å². The number of methoxy groups -OCH3 is 1. The molecule has 0 radical (unpaired) electrons. The van der Waals surface area contributed by atoms with Crippen LogP contribution < -0.4 is 5.73 Å². The maximum Gasteiger partial charge on any atom is 0.274 e. The average Bonchev–Trinajstić information content (AvgIpc) is 2.75. The van der Waals surface area contributed by atoms with Crippen LogP contribution in [0.5, 0.6) is 0 Å². The second-order valence-corrected chi connectivity index (χ2v) is 4.45. The number of amides is 1. The van der Waals surface area contributed by atoms with Crippen LogP contribution in [0.4, 0.5) is 0 Å². The van der Waals surface area contributed by atoms with Crippen molar-refractivity contribution in [3.63, 3.8) is 0 Å². The zero-order valence-corrected chi connectivity index (χ0v) is 11.4. The lowest BCUT2D eigenvalue weighted by Crippen LogP contribution is -2.36. The minimum atomic E-state index is -0.135. The molecule has 0 saturated heterocycles. The van der Waals surface area contributed by atoms with Crippen LogP contribution in [0.1, 0.15) is 16.9 Å². The number of carbonyl (C=O) groups excluding carboxylic acids is 1. The summed E-state index contributed by atoms with van der Waals surface area (Å²) in [6.07, 6.45) is 3.77. The Morgan fingerprint density at radius 3 is 2.83 bits per heavy atom. The number of hydrogen-bond acceptors (Lipinski definition) is 4. The van der Waals surface area contributed by atoms with Gasteiger partial charge >= 0.3 is 0 Å². The number of imidazole rings is 1. The van der Waals surface area contributed by atoms with E-state index in [1.54, 1.807) is 29.1 Å². The molecule has 1 rings (SSSR count). The Morgan fingerprint density at radius 1 is 1.61 bits per heavy atom. The van der Waals surface area contributed by atoms with Gasteiger partial charge in [0, 0.05) is 39.9 Å². The molecule has 0 fully saturated rings. The Bertz CT molecular complexity index is 419. The van der Waals surface area contributed by atoms with Gasteiger partial charge in [0.2, 0.25) is 0 Å². The van der Waals surface area contributed by atoms with E-state index < -0.39 is 0 Å². The lowest BCUT2D eigenvalue weighted by Gasteiger charge is -2.21. The van der Waals surface area contributed by atoms with E-state index in [4.69, 9.17) is 22.7 Å². The zero-order chi connectivity index (χ0) is 13.5. The number of thiocarbonyl (C=S) groups is 1. The second-order valence-electron chi connectivity index (χ2n) is 3.93. The molecule has 1 aromatic heterocycles. The fourth-order valence-electron chi connectivity index (χ4n) is 1.45. The SMILES string of the molecule is COCCN(CCC(N)=S)C(=O)c1cn(C)cn1. The lowest BCUT2D eigenvalue weighted by atomic mass is 10.3. The monoisotopic (exact) mass is 270 g/mol. The highest BCUT2D eigenvalue weighted by molar-refractivity contribution is 7.80. The van der Waals surface area contributed by atoms with Crippen molar-refractivity contribution in [3.8, 4) is 0 Å². The van der Waals surface area contributed by atoms with Gasteiger partial charge in [-0.1, -0.05) is 12.2 Å². The lowest BCUT2D eigenvalue weighted by molar-refractivity contribution is 0.0696. The predicted molar refractivity (Wildman–Crippen MR) is 72.4 cm³/mol. The first-order chi connectivity index (χ1) is 8.54. The number of nitrogens with two attached hydrogens (primary N) is 1. The van der Waals surface area contributed by atoms with Gasteiger partial charge in [-0.3, -0.25) is 4.79 Å². The van der Waals surface area contributed by atoms with Gasteiger partial charge in [0.15, 0.2) is 0 Å². The smallest absolute Gasteiger partial charge is 0.274 e. The Labute approximate surface area is 112 Å². The van der Waals surface area contributed by atoms with E-state index in [0.717, 1.165) is 0 Å². The first kappa shape index (κ1) is 14.6. The molecule has 2 N–H and O–H groups in total. The number of aromatic nitrogens is 2. The molecule has 0 spiro atoms. The molecule has 1 amide bonds. The molecule has 0 aliphatic heterocycles. The van der Waals surface area contributed by atoms with Gasteiger partial charge in [0.25, 0.3) is 5.91 Å². The molecule has 6 nitrogen and oxygen atoms in total. The summed E-state index contributed by atoms with van der Waals surface area (Å²) in [4.78, 5) is 18.3. The number of ether oxygens (including phenoxy) is 1. The number of hydrogen-bond donors (Lipinski definition) is 1. The number of carbonyl (C=O) groups is 1. The van der Waals surface area contributed by atoms with Gasteiger partial charge in [-0.05, 0) is 0 Å². The molecular weight excluding hydrogens is 252 g/mol. The molecule has 0 bridgehead atoms. The van der Waals surface area contributed by atoms with E-state index in [-0.39, 0.29) is 5.91 Å². The van der Waals surface area contributed by atoms with E-state index >= 15 is 0 Å². The largest absolute Gasteiger partial charge is 0.393 e. The van der Waals surface area contributed by atoms with Crippen LogP contribution in [0.15, 0.2) is 12.5 Å². The number of nitrogens with zero attached hydrogens (tertiary/aromatic N) is 3. The fourth-order valence-corrected chi connectivity index (χ4v) is 1.54. The van der Waals surface area contributed by atoms with Crippen molar-refractivity contribution >= 4 is 23.1 Å². The van der Waals surface area contributed by atoms with Gasteiger partial charge < -0.3 is 19.9 Å². The first-order valence-electron chi connectivity index (χ1n) is 5.59. The topological polar surface area (TPSA) is 73.4 Å². The van der Waals surface area contributed by atoms with Crippen LogP contribution in [0.2, 0.25) is 0 Å². The molecule has 0 aromatic carbocycles. The highest BCUT2D eigenvalue weighted by Gasteiger charge is 2.17. The molecule has 1 aromatic rings. The van der Waals surface area contributed by atoms with E-state index in [9.17, 15) is 4.79 Å². The fraction of sp³-hybridized carbons (Fsp3) is 0.545. The average molecular weight is 270 g/mol. The Morgan fingerprint density at radius 2 is 2.33 bits per heavy atom. The molecule has 0 unspecified atom stereocenters. The maximum atomic E-state index is 12.2. The van der Waals surface area contributed by atoms with E-state index in [1.807, 2.05) is 7.05 Å². The van der Waals surface area contributed by atoms with Crippen molar-refractivity contribution in [2.24, 2.45) is 12.8 Å². The zero-order valence-electron chi connectivity index (χ0n) is 10.6. The summed E-state index contributed by atoms with van der Waals surface area (Å²) in [6.45, 7) is 1.44. The van der Waals surface area contributed by atoms with Crippen molar-refractivity contribution < 1.29 is 9.53 Å². The molecule has 0 saturated carbocycles. The quantitative estimate of drug-likeness (QED) is 0.716. The molecular formula is C11H18N4O2S. The van der Waals surface area contributed by atoms with Gasteiger partial charge in [-0.15, -0.1) is 0 Å². The maximum absolute atomic E-state index is 12.2. The molecule has 1 heterocycles. The van der Waals surface area contributed by atoms with Crippen molar-refractivity contribution in [3.05, 3.63) is 18.2 Å². The summed E-state index contributed by atoms with van der Waals surface area (Å²) >= 11 is 4.82. The van der Waals surface area contributed by atoms with Gasteiger partial charge in [0.05, 0.1) is 17.9 Å². The Hall–Kier alpha value is -1.47. The normalized spacial score (nSPS) is 10.3. The minimum Gasteiger partial charge on any atom is -0.393 e. The van der Waals surface area contributed by atoms with Crippen molar-refractivity contribution in [2.75, 3.05) is 26.8 Å². The molecule has 0 aliphatic carbocycles. The van der Waals surface area contributed by atoms with Crippen LogP contribution in [-0.2, 0) is 11.8 Å². The van der Waals surface area contributed by atoms with Crippen LogP contribution in [0.25, 0.3) is 0 Å². The highest BCUT2D eigenvalue weighted by atomic mass is 32.1. The van der Waals surface area contributed by atoms with Crippen LogP contribution in [-0.4, -0.2) is 52.2 Å². The summed E-state index contributed by atoms with van der Waals surface area (Å²) in [5.41, 5.74) is 5.87. The summed E-state index contributed by atoms with van der Waals surface area (Å²) in [5, 5.41) is 0. The predicted octanol–water partition coefficient (Wildman–Crippen LogP) is 0.185. The molecule has 0 atom stereocenters. The molecule has 7 heteroatoms. The number of aryl methyl sites for hydroxylation is 1. The Balaban J connectivity index is 2.68. The number of rotatable bonds is 7. The van der Waals surface area contributed by atoms with E-state index in [2.05, 4.69) is 4.98 Å². The summed E-state index contributed by atoms with van der Waals surface area (Å²) < 4.78 is 6.72. The van der Waals surface area contributed by atoms with Gasteiger partial charge in [0.1, 0.15) is 5.69 Å². The third kappa shape index (κ3) is 4.42. The third-order valence-corrected chi connectivity index (χ3v) is 2.61. The summed E-state index contributed by atoms with van der Waals surface area (Å²) in [5.74, 6) is -0.135. The van der Waals surface area contributed by atoms with Gasteiger partial charge in [-0.25, -0.2) is 4.98 Å². The molecule has 100 valence electrons. The van der Waals surface area contributed by atoms with Crippen LogP contribution in [0, 0.1) is 0 Å². The highest BCUT2D eigenvalue weighted by Crippen LogP contribution is 2.03. The third-order valence-electron chi connectivity index (χ3n) is 2.40. The van der Waals surface area contributed by atoms with E-state index in [1.165, 1.54) is 0 Å². The van der Waals surface area contributed by atoms with Crippen molar-refractivity contribution in [2.45, 2.75) is 6.42 Å². The first-order valence-corrected chi connectivity index (χ1v) is 6.00. The van der Waals surface area contributed by atoms with Crippen LogP contribution in [0.3, 0.4) is 0 Å². The van der Waals surface area contributed by atoms with Crippen molar-refractivity contribution in [1.29, 1.82) is 0 Å². The minimum absolute atomic E-state index is 0.135. The van der Waals surface area contributed by atoms with Crippen molar-refractivity contribution in [1.82, 2.24) is 14.5 Å². The Kier molecular flexibility index (Phi) is 5.73. The summed E-state index contributed by atoms with van der Waals surface area (Å²) in [7, 11) is 3.41. The summed E-state index contributed by atoms with van der Waals surface area (Å²) in [6, 6.07) is 0. The standard InChI is InChI=1S/C11H18N4O2S/c1-14-7-9(13-8-14)11(16)15(5-6-17-2)4-3-10(12)18/h7-8H,3-6H2,1-2H3,(H2,12,18). The van der Waals surface area contributed by atoms with Crippen LogP contribution >= 0.6 is 12.2 Å². The van der Waals surface area contributed by atoms with Gasteiger partial charge in [-0.2, -0.15) is 0 Å². The second kappa shape index (κ2) is 7.07. The molecule has 18 heavy (non-hydrogen) atoms. The molecule has 0 aliphatic rings.